The molecule has 0 spiro atoms. The van der Waals surface area contributed by atoms with Crippen LogP contribution in [0.25, 0.3) is 0 Å². The Balaban J connectivity index is 2.13. The summed E-state index contributed by atoms with van der Waals surface area (Å²) < 4.78 is 5.16. The van der Waals surface area contributed by atoms with Crippen molar-refractivity contribution in [1.82, 2.24) is 0 Å². The quantitative estimate of drug-likeness (QED) is 0.863. The second-order valence-electron chi connectivity index (χ2n) is 4.15. The van der Waals surface area contributed by atoms with Crippen LogP contribution in [0, 0.1) is 13.8 Å². The molecule has 1 aromatic carbocycles. The van der Waals surface area contributed by atoms with Crippen molar-refractivity contribution in [3.05, 3.63) is 57.6 Å². The molecule has 1 aromatic heterocycles. The summed E-state index contributed by atoms with van der Waals surface area (Å²) in [5.74, 6) is 0.777. The topological polar surface area (TPSA) is 50.4 Å². The third-order valence-corrected chi connectivity index (χ3v) is 3.76. The molecule has 2 rings (SSSR count). The van der Waals surface area contributed by atoms with Crippen molar-refractivity contribution in [2.45, 2.75) is 24.5 Å². The lowest BCUT2D eigenvalue weighted by Gasteiger charge is -2.06. The van der Waals surface area contributed by atoms with E-state index in [1.54, 1.807) is 11.8 Å². The highest BCUT2D eigenvalue weighted by atomic mass is 32.2. The predicted octanol–water partition coefficient (Wildman–Crippen LogP) is 3.25. The Morgan fingerprint density at radius 3 is 2.78 bits per heavy atom. The van der Waals surface area contributed by atoms with E-state index in [-0.39, 0.29) is 5.75 Å². The lowest BCUT2D eigenvalue weighted by molar-refractivity contribution is 0.419. The zero-order valence-corrected chi connectivity index (χ0v) is 11.1. The number of thioether (sulfide) groups is 1. The van der Waals surface area contributed by atoms with Gasteiger partial charge >= 0.3 is 0 Å². The fourth-order valence-electron chi connectivity index (χ4n) is 1.53. The molecule has 4 heteroatoms. The lowest BCUT2D eigenvalue weighted by atomic mass is 10.2. The van der Waals surface area contributed by atoms with Gasteiger partial charge in [-0.15, -0.1) is 11.8 Å². The molecule has 1 N–H and O–H groups in total. The molecule has 1 heterocycles. The van der Waals surface area contributed by atoms with Crippen molar-refractivity contribution < 1.29 is 9.52 Å². The van der Waals surface area contributed by atoms with Crippen molar-refractivity contribution >= 4 is 11.8 Å². The number of hydrogen-bond donors (Lipinski definition) is 1. The van der Waals surface area contributed by atoms with Gasteiger partial charge in [0.15, 0.2) is 5.75 Å². The SMILES string of the molecule is Cc1ccc(C)c(SCc2cc(=O)c(O)co2)c1. The van der Waals surface area contributed by atoms with Crippen LogP contribution in [0.5, 0.6) is 5.75 Å². The van der Waals surface area contributed by atoms with E-state index in [1.807, 2.05) is 6.92 Å². The van der Waals surface area contributed by atoms with Crippen molar-refractivity contribution in [1.29, 1.82) is 0 Å². The minimum Gasteiger partial charge on any atom is -0.502 e. The second-order valence-corrected chi connectivity index (χ2v) is 5.17. The molecule has 0 atom stereocenters. The summed E-state index contributed by atoms with van der Waals surface area (Å²) in [5.41, 5.74) is 2.00. The molecule has 0 saturated heterocycles. The fourth-order valence-corrected chi connectivity index (χ4v) is 2.55. The van der Waals surface area contributed by atoms with Crippen molar-refractivity contribution in [2.24, 2.45) is 0 Å². The second kappa shape index (κ2) is 5.31. The molecule has 0 amide bonds. The largest absolute Gasteiger partial charge is 0.502 e. The third kappa shape index (κ3) is 2.96. The van der Waals surface area contributed by atoms with E-state index in [2.05, 4.69) is 25.1 Å². The van der Waals surface area contributed by atoms with E-state index in [4.69, 9.17) is 9.52 Å². The summed E-state index contributed by atoms with van der Waals surface area (Å²) in [4.78, 5) is 12.4. The Morgan fingerprint density at radius 2 is 2.06 bits per heavy atom. The van der Waals surface area contributed by atoms with Crippen LogP contribution >= 0.6 is 11.8 Å². The van der Waals surface area contributed by atoms with Crippen molar-refractivity contribution in [2.75, 3.05) is 0 Å². The standard InChI is InChI=1S/C14H14O3S/c1-9-3-4-10(2)14(5-9)18-8-11-6-12(15)13(16)7-17-11/h3-7,16H,8H2,1-2H3. The fraction of sp³-hybridized carbons (Fsp3) is 0.214. The van der Waals surface area contributed by atoms with Crippen LogP contribution in [0.4, 0.5) is 0 Å². The number of rotatable bonds is 3. The summed E-state index contributed by atoms with van der Waals surface area (Å²) in [7, 11) is 0. The molecule has 94 valence electrons. The highest BCUT2D eigenvalue weighted by molar-refractivity contribution is 7.98. The molecule has 0 saturated carbocycles. The highest BCUT2D eigenvalue weighted by Gasteiger charge is 2.04. The maximum absolute atomic E-state index is 11.3. The third-order valence-electron chi connectivity index (χ3n) is 2.58. The molecule has 0 aliphatic heterocycles. The van der Waals surface area contributed by atoms with E-state index in [0.29, 0.717) is 11.5 Å². The Bertz CT molecular complexity index is 617. The molecule has 0 bridgehead atoms. The monoisotopic (exact) mass is 262 g/mol. The van der Waals surface area contributed by atoms with Crippen LogP contribution in [0.1, 0.15) is 16.9 Å². The molecule has 0 fully saturated rings. The number of hydrogen-bond acceptors (Lipinski definition) is 4. The van der Waals surface area contributed by atoms with Crippen LogP contribution in [0.2, 0.25) is 0 Å². The van der Waals surface area contributed by atoms with Crippen LogP contribution < -0.4 is 5.43 Å². The van der Waals surface area contributed by atoms with Gasteiger partial charge in [0.2, 0.25) is 5.43 Å². The van der Waals surface area contributed by atoms with Crippen LogP contribution in [-0.4, -0.2) is 5.11 Å². The first-order chi connectivity index (χ1) is 8.56. The van der Waals surface area contributed by atoms with Crippen molar-refractivity contribution in [3.63, 3.8) is 0 Å². The number of aryl methyl sites for hydroxylation is 2. The van der Waals surface area contributed by atoms with E-state index < -0.39 is 5.43 Å². The van der Waals surface area contributed by atoms with Crippen molar-refractivity contribution in [3.8, 4) is 5.75 Å². The minimum atomic E-state index is -0.405. The molecular weight excluding hydrogens is 248 g/mol. The highest BCUT2D eigenvalue weighted by Crippen LogP contribution is 2.26. The molecule has 0 radical (unpaired) electrons. The summed E-state index contributed by atoms with van der Waals surface area (Å²) in [6.45, 7) is 4.10. The first-order valence-electron chi connectivity index (χ1n) is 5.57. The molecule has 0 unspecified atom stereocenters. The Labute approximate surface area is 109 Å². The first-order valence-corrected chi connectivity index (χ1v) is 6.55. The number of benzene rings is 1. The van der Waals surface area contributed by atoms with Gasteiger partial charge in [0.05, 0.1) is 5.75 Å². The molecule has 0 aliphatic rings. The molecule has 0 aliphatic carbocycles. The van der Waals surface area contributed by atoms with Crippen LogP contribution in [-0.2, 0) is 5.75 Å². The van der Waals surface area contributed by atoms with E-state index in [0.717, 1.165) is 6.26 Å². The van der Waals surface area contributed by atoms with E-state index in [1.165, 1.54) is 22.1 Å². The van der Waals surface area contributed by atoms with Gasteiger partial charge in [-0.1, -0.05) is 17.7 Å². The summed E-state index contributed by atoms with van der Waals surface area (Å²) in [6.07, 6.45) is 1.08. The molecule has 18 heavy (non-hydrogen) atoms. The molecular formula is C14H14O3S. The van der Waals surface area contributed by atoms with Gasteiger partial charge in [0.25, 0.3) is 0 Å². The molecule has 3 nitrogen and oxygen atoms in total. The Kier molecular flexibility index (Phi) is 3.77. The van der Waals surface area contributed by atoms with E-state index in [9.17, 15) is 4.79 Å². The zero-order chi connectivity index (χ0) is 13.1. The van der Waals surface area contributed by atoms with E-state index >= 15 is 0 Å². The van der Waals surface area contributed by atoms with Gasteiger partial charge < -0.3 is 9.52 Å². The predicted molar refractivity (Wildman–Crippen MR) is 72.1 cm³/mol. The maximum atomic E-state index is 11.3. The summed E-state index contributed by atoms with van der Waals surface area (Å²) in [6, 6.07) is 7.58. The normalized spacial score (nSPS) is 10.6. The smallest absolute Gasteiger partial charge is 0.226 e. The average molecular weight is 262 g/mol. The Morgan fingerprint density at radius 1 is 1.28 bits per heavy atom. The first kappa shape index (κ1) is 12.8. The van der Waals surface area contributed by atoms with Gasteiger partial charge in [0, 0.05) is 11.0 Å². The lowest BCUT2D eigenvalue weighted by Crippen LogP contribution is -1.99. The maximum Gasteiger partial charge on any atom is 0.226 e. The number of aromatic hydroxyl groups is 1. The summed E-state index contributed by atoms with van der Waals surface area (Å²) >= 11 is 1.61. The minimum absolute atomic E-state index is 0.351. The van der Waals surface area contributed by atoms with Gasteiger partial charge in [-0.05, 0) is 25.5 Å². The van der Waals surface area contributed by atoms with Gasteiger partial charge in [-0.25, -0.2) is 0 Å². The average Bonchev–Trinajstić information content (AvgIpc) is 2.34. The zero-order valence-electron chi connectivity index (χ0n) is 10.3. The Hall–Kier alpha value is -1.68. The van der Waals surface area contributed by atoms with Crippen LogP contribution in [0.15, 0.2) is 44.6 Å². The van der Waals surface area contributed by atoms with Gasteiger partial charge in [0.1, 0.15) is 12.0 Å². The van der Waals surface area contributed by atoms with Gasteiger partial charge in [-0.2, -0.15) is 0 Å². The molecule has 2 aromatic rings. The van der Waals surface area contributed by atoms with Gasteiger partial charge in [-0.3, -0.25) is 4.79 Å². The van der Waals surface area contributed by atoms with Crippen LogP contribution in [0.3, 0.4) is 0 Å². The summed E-state index contributed by atoms with van der Waals surface area (Å²) in [5, 5.41) is 9.10.